The van der Waals surface area contributed by atoms with E-state index in [4.69, 9.17) is 0 Å². The molecule has 0 radical (unpaired) electrons. The number of amides is 1. The van der Waals surface area contributed by atoms with Gasteiger partial charge in [0.2, 0.25) is 5.91 Å². The predicted octanol–water partition coefficient (Wildman–Crippen LogP) is 3.68. The Morgan fingerprint density at radius 3 is 2.36 bits per heavy atom. The van der Waals surface area contributed by atoms with Crippen molar-refractivity contribution >= 4 is 5.91 Å². The zero-order valence-electron chi connectivity index (χ0n) is 16.7. The number of aliphatic hydroxyl groups excluding tert-OH is 1. The van der Waals surface area contributed by atoms with Gasteiger partial charge >= 0.3 is 6.18 Å². The van der Waals surface area contributed by atoms with E-state index in [1.807, 2.05) is 4.90 Å². The first-order valence-corrected chi connectivity index (χ1v) is 9.85. The lowest BCUT2D eigenvalue weighted by Crippen LogP contribution is -2.69. The molecule has 2 atom stereocenters. The van der Waals surface area contributed by atoms with E-state index in [0.717, 1.165) is 31.5 Å². The molecular formula is C21H29F3N2O2. The standard InChI is InChI=1S/C21H29F3N2O2/c1-19(2)10-4-11-26(20(19,3)25-12-9-17(27)14-25)18(28)13-15-5-7-16(8-6-15)21(22,23)24/h5-8,17,27H,4,9-14H2,1-3H3. The van der Waals surface area contributed by atoms with E-state index in [-0.39, 0.29) is 23.8 Å². The summed E-state index contributed by atoms with van der Waals surface area (Å²) in [5.74, 6) is -0.0866. The second kappa shape index (κ2) is 7.34. The fourth-order valence-electron chi connectivity index (χ4n) is 4.68. The minimum atomic E-state index is -4.38. The van der Waals surface area contributed by atoms with Crippen LogP contribution in [0.3, 0.4) is 0 Å². The molecular weight excluding hydrogens is 369 g/mol. The molecule has 4 nitrogen and oxygen atoms in total. The monoisotopic (exact) mass is 398 g/mol. The Labute approximate surface area is 164 Å². The first kappa shape index (κ1) is 21.1. The van der Waals surface area contributed by atoms with Gasteiger partial charge < -0.3 is 10.0 Å². The fourth-order valence-corrected chi connectivity index (χ4v) is 4.68. The zero-order chi connectivity index (χ0) is 20.7. The van der Waals surface area contributed by atoms with Crippen molar-refractivity contribution in [2.24, 2.45) is 5.41 Å². The average Bonchev–Trinajstić information content (AvgIpc) is 3.03. The molecule has 0 saturated carbocycles. The third kappa shape index (κ3) is 3.79. The summed E-state index contributed by atoms with van der Waals surface area (Å²) in [4.78, 5) is 17.3. The highest BCUT2D eigenvalue weighted by molar-refractivity contribution is 5.79. The van der Waals surface area contributed by atoms with Gasteiger partial charge in [-0.1, -0.05) is 26.0 Å². The van der Waals surface area contributed by atoms with Crippen LogP contribution in [-0.4, -0.2) is 52.2 Å². The Bertz CT molecular complexity index is 717. The molecule has 1 N–H and O–H groups in total. The molecule has 2 unspecified atom stereocenters. The molecule has 2 aliphatic heterocycles. The summed E-state index contributed by atoms with van der Waals surface area (Å²) < 4.78 is 38.3. The van der Waals surface area contributed by atoms with Crippen molar-refractivity contribution in [1.82, 2.24) is 9.80 Å². The largest absolute Gasteiger partial charge is 0.416 e. The van der Waals surface area contributed by atoms with Gasteiger partial charge in [0.25, 0.3) is 0 Å². The van der Waals surface area contributed by atoms with Gasteiger partial charge in [-0.15, -0.1) is 0 Å². The van der Waals surface area contributed by atoms with Crippen molar-refractivity contribution < 1.29 is 23.1 Å². The Kier molecular flexibility index (Phi) is 5.53. The van der Waals surface area contributed by atoms with Crippen LogP contribution < -0.4 is 0 Å². The van der Waals surface area contributed by atoms with E-state index in [2.05, 4.69) is 25.7 Å². The van der Waals surface area contributed by atoms with Crippen molar-refractivity contribution in [1.29, 1.82) is 0 Å². The van der Waals surface area contributed by atoms with Gasteiger partial charge in [0.1, 0.15) is 0 Å². The summed E-state index contributed by atoms with van der Waals surface area (Å²) in [5, 5.41) is 10.0. The van der Waals surface area contributed by atoms with Crippen LogP contribution in [0.2, 0.25) is 0 Å². The molecule has 0 spiro atoms. The summed E-state index contributed by atoms with van der Waals surface area (Å²) in [7, 11) is 0. The molecule has 1 amide bonds. The molecule has 2 heterocycles. The number of halogens is 3. The van der Waals surface area contributed by atoms with Gasteiger partial charge in [-0.25, -0.2) is 0 Å². The van der Waals surface area contributed by atoms with Gasteiger partial charge in [0.05, 0.1) is 23.8 Å². The molecule has 2 fully saturated rings. The minimum Gasteiger partial charge on any atom is -0.392 e. The van der Waals surface area contributed by atoms with E-state index in [1.165, 1.54) is 12.1 Å². The number of aliphatic hydroxyl groups is 1. The summed E-state index contributed by atoms with van der Waals surface area (Å²) in [6.45, 7) is 8.24. The third-order valence-corrected chi connectivity index (χ3v) is 6.71. The van der Waals surface area contributed by atoms with Crippen LogP contribution in [0.1, 0.15) is 51.2 Å². The van der Waals surface area contributed by atoms with Crippen LogP contribution in [0, 0.1) is 5.41 Å². The van der Waals surface area contributed by atoms with Crippen LogP contribution in [-0.2, 0) is 17.4 Å². The van der Waals surface area contributed by atoms with Crippen molar-refractivity contribution in [3.8, 4) is 0 Å². The summed E-state index contributed by atoms with van der Waals surface area (Å²) in [5.41, 5.74) is -0.833. The number of hydrogen-bond donors (Lipinski definition) is 1. The maximum absolute atomic E-state index is 13.2. The number of carbonyl (C=O) groups excluding carboxylic acids is 1. The highest BCUT2D eigenvalue weighted by atomic mass is 19.4. The molecule has 1 aromatic carbocycles. The second-order valence-corrected chi connectivity index (χ2v) is 8.81. The summed E-state index contributed by atoms with van der Waals surface area (Å²) in [6.07, 6.45) is -2.15. The normalized spacial score (nSPS) is 28.5. The fraction of sp³-hybridized carbons (Fsp3) is 0.667. The third-order valence-electron chi connectivity index (χ3n) is 6.71. The topological polar surface area (TPSA) is 43.8 Å². The van der Waals surface area contributed by atoms with Crippen molar-refractivity contribution in [3.05, 3.63) is 35.4 Å². The number of alkyl halides is 3. The number of nitrogens with zero attached hydrogens (tertiary/aromatic N) is 2. The Morgan fingerprint density at radius 2 is 1.82 bits per heavy atom. The number of β-amino-alcohol motifs (C(OH)–C–C–N with tert-alkyl or cyclic N) is 1. The van der Waals surface area contributed by atoms with Crippen LogP contribution in [0.4, 0.5) is 13.2 Å². The molecule has 2 aliphatic rings. The van der Waals surface area contributed by atoms with Gasteiger partial charge in [-0.05, 0) is 43.9 Å². The van der Waals surface area contributed by atoms with E-state index >= 15 is 0 Å². The first-order chi connectivity index (χ1) is 12.9. The van der Waals surface area contributed by atoms with Gasteiger partial charge in [0.15, 0.2) is 0 Å². The Hall–Kier alpha value is -1.60. The molecule has 2 saturated heterocycles. The van der Waals surface area contributed by atoms with Gasteiger partial charge in [-0.3, -0.25) is 9.69 Å². The van der Waals surface area contributed by atoms with E-state index in [1.54, 1.807) is 0 Å². The SMILES string of the molecule is CC1(C)CCCN(C(=O)Cc2ccc(C(F)(F)F)cc2)C1(C)N1CCC(O)C1. The van der Waals surface area contributed by atoms with Crippen LogP contribution in [0.5, 0.6) is 0 Å². The molecule has 28 heavy (non-hydrogen) atoms. The minimum absolute atomic E-state index is 0.0696. The number of piperidine rings is 1. The first-order valence-electron chi connectivity index (χ1n) is 9.85. The highest BCUT2D eigenvalue weighted by Crippen LogP contribution is 2.47. The number of hydrogen-bond acceptors (Lipinski definition) is 3. The smallest absolute Gasteiger partial charge is 0.392 e. The van der Waals surface area contributed by atoms with Gasteiger partial charge in [-0.2, -0.15) is 13.2 Å². The number of likely N-dealkylation sites (tertiary alicyclic amines) is 2. The maximum atomic E-state index is 13.2. The number of rotatable bonds is 3. The van der Waals surface area contributed by atoms with Crippen LogP contribution in [0.15, 0.2) is 24.3 Å². The van der Waals surface area contributed by atoms with Gasteiger partial charge in [0, 0.05) is 25.0 Å². The lowest BCUT2D eigenvalue weighted by atomic mass is 9.71. The highest BCUT2D eigenvalue weighted by Gasteiger charge is 2.54. The van der Waals surface area contributed by atoms with Crippen molar-refractivity contribution in [2.75, 3.05) is 19.6 Å². The quantitative estimate of drug-likeness (QED) is 0.845. The predicted molar refractivity (Wildman–Crippen MR) is 100 cm³/mol. The molecule has 7 heteroatoms. The lowest BCUT2D eigenvalue weighted by Gasteiger charge is -2.59. The lowest BCUT2D eigenvalue weighted by molar-refractivity contribution is -0.172. The number of carbonyl (C=O) groups is 1. The van der Waals surface area contributed by atoms with Crippen molar-refractivity contribution in [3.63, 3.8) is 0 Å². The summed E-state index contributed by atoms with van der Waals surface area (Å²) >= 11 is 0. The zero-order valence-corrected chi connectivity index (χ0v) is 16.7. The summed E-state index contributed by atoms with van der Waals surface area (Å²) in [6, 6.07) is 4.82. The van der Waals surface area contributed by atoms with E-state index in [9.17, 15) is 23.1 Å². The van der Waals surface area contributed by atoms with Crippen LogP contribution >= 0.6 is 0 Å². The molecule has 0 aliphatic carbocycles. The maximum Gasteiger partial charge on any atom is 0.416 e. The molecule has 3 rings (SSSR count). The Balaban J connectivity index is 1.82. The van der Waals surface area contributed by atoms with E-state index < -0.39 is 17.4 Å². The molecule has 0 aromatic heterocycles. The van der Waals surface area contributed by atoms with Crippen molar-refractivity contribution in [2.45, 2.75) is 64.4 Å². The molecule has 1 aromatic rings. The molecule has 156 valence electrons. The van der Waals surface area contributed by atoms with E-state index in [0.29, 0.717) is 25.1 Å². The number of benzene rings is 1. The Morgan fingerprint density at radius 1 is 1.18 bits per heavy atom. The molecule has 0 bridgehead atoms. The van der Waals surface area contributed by atoms with Crippen LogP contribution in [0.25, 0.3) is 0 Å². The average molecular weight is 398 g/mol. The second-order valence-electron chi connectivity index (χ2n) is 8.81.